The number of nitrogens with one attached hydrogen (secondary N) is 1. The Labute approximate surface area is 191 Å². The molecule has 5 N–H and O–H groups in total. The van der Waals surface area contributed by atoms with Gasteiger partial charge in [-0.3, -0.25) is 0 Å². The summed E-state index contributed by atoms with van der Waals surface area (Å²) in [5.74, 6) is 0. The van der Waals surface area contributed by atoms with E-state index in [4.69, 9.17) is 11.5 Å². The van der Waals surface area contributed by atoms with Crippen LogP contribution in [-0.4, -0.2) is 12.1 Å². The molecule has 0 aromatic heterocycles. The van der Waals surface area contributed by atoms with Gasteiger partial charge in [-0.05, 0) is 85.8 Å². The molecular formula is C28H45N3. The van der Waals surface area contributed by atoms with E-state index in [9.17, 15) is 0 Å². The average Bonchev–Trinajstić information content (AvgIpc) is 2.68. The maximum absolute atomic E-state index is 5.91. The zero-order valence-electron chi connectivity index (χ0n) is 20.7. The summed E-state index contributed by atoms with van der Waals surface area (Å²) >= 11 is 0. The molecule has 2 rings (SSSR count). The predicted octanol–water partition coefficient (Wildman–Crippen LogP) is 7.02. The third kappa shape index (κ3) is 8.31. The van der Waals surface area contributed by atoms with Gasteiger partial charge in [0.25, 0.3) is 0 Å². The van der Waals surface area contributed by atoms with Crippen molar-refractivity contribution in [1.82, 2.24) is 0 Å². The quantitative estimate of drug-likeness (QED) is 0.344. The molecule has 0 radical (unpaired) electrons. The van der Waals surface area contributed by atoms with E-state index in [1.807, 2.05) is 0 Å². The summed E-state index contributed by atoms with van der Waals surface area (Å²) in [6.45, 7) is 13.5. The number of hydrogen-bond donors (Lipinski definition) is 3. The Hall–Kier alpha value is -1.84. The van der Waals surface area contributed by atoms with Gasteiger partial charge in [0, 0.05) is 23.5 Å². The van der Waals surface area contributed by atoms with Gasteiger partial charge in [-0.25, -0.2) is 0 Å². The zero-order chi connectivity index (χ0) is 23.1. The highest BCUT2D eigenvalue weighted by Crippen LogP contribution is 2.32. The van der Waals surface area contributed by atoms with Gasteiger partial charge >= 0.3 is 0 Å². The molecule has 0 saturated carbocycles. The van der Waals surface area contributed by atoms with Crippen molar-refractivity contribution in [3.05, 3.63) is 59.7 Å². The highest BCUT2D eigenvalue weighted by Gasteiger charge is 2.21. The van der Waals surface area contributed by atoms with E-state index in [0.29, 0.717) is 0 Å². The number of nitrogens with two attached hydrogens (primary N) is 2. The van der Waals surface area contributed by atoms with Crippen LogP contribution >= 0.6 is 0 Å². The van der Waals surface area contributed by atoms with Crippen LogP contribution in [0.3, 0.4) is 0 Å². The maximum atomic E-state index is 5.91. The smallest absolute Gasteiger partial charge is 0.0384 e. The number of hydrogen-bond acceptors (Lipinski definition) is 3. The van der Waals surface area contributed by atoms with Gasteiger partial charge in [0.2, 0.25) is 0 Å². The standard InChI is InChI=1S/C28H45N3/c1-21(29)9-7-19-27(3,4)23-11-15-25(16-12-23)31-26-17-13-24(14-18-26)28(5,6)20-8-10-22(2)30/h11-18,21-22,31H,7-10,19-20,29-30H2,1-6H3. The first-order valence-electron chi connectivity index (χ1n) is 12.0. The fourth-order valence-corrected chi connectivity index (χ4v) is 4.20. The molecule has 2 unspecified atom stereocenters. The highest BCUT2D eigenvalue weighted by molar-refractivity contribution is 5.60. The monoisotopic (exact) mass is 423 g/mol. The fraction of sp³-hybridized carbons (Fsp3) is 0.571. The van der Waals surface area contributed by atoms with Crippen LogP contribution < -0.4 is 16.8 Å². The Morgan fingerprint density at radius 2 is 0.968 bits per heavy atom. The largest absolute Gasteiger partial charge is 0.356 e. The number of benzene rings is 2. The van der Waals surface area contributed by atoms with Crippen LogP contribution in [0.5, 0.6) is 0 Å². The first-order valence-corrected chi connectivity index (χ1v) is 12.0. The Morgan fingerprint density at radius 1 is 0.645 bits per heavy atom. The Bertz CT molecular complexity index is 703. The minimum Gasteiger partial charge on any atom is -0.356 e. The second kappa shape index (κ2) is 11.2. The molecule has 0 aliphatic heterocycles. The number of anilines is 2. The molecular weight excluding hydrogens is 378 g/mol. The van der Waals surface area contributed by atoms with Crippen molar-refractivity contribution in [2.24, 2.45) is 11.5 Å². The summed E-state index contributed by atoms with van der Waals surface area (Å²) in [4.78, 5) is 0. The topological polar surface area (TPSA) is 64.1 Å². The molecule has 0 heterocycles. The Kier molecular flexibility index (Phi) is 9.14. The lowest BCUT2D eigenvalue weighted by Gasteiger charge is -2.26. The molecule has 3 heteroatoms. The van der Waals surface area contributed by atoms with E-state index < -0.39 is 0 Å². The molecule has 0 fully saturated rings. The summed E-state index contributed by atoms with van der Waals surface area (Å²) in [5.41, 5.74) is 17.2. The van der Waals surface area contributed by atoms with Gasteiger partial charge in [-0.1, -0.05) is 64.8 Å². The summed E-state index contributed by atoms with van der Waals surface area (Å²) < 4.78 is 0. The summed E-state index contributed by atoms with van der Waals surface area (Å²) in [7, 11) is 0. The van der Waals surface area contributed by atoms with Crippen LogP contribution in [0.1, 0.15) is 91.2 Å². The lowest BCUT2D eigenvalue weighted by Crippen LogP contribution is -2.20. The van der Waals surface area contributed by atoms with Crippen LogP contribution in [0.15, 0.2) is 48.5 Å². The summed E-state index contributed by atoms with van der Waals surface area (Å²) in [6, 6.07) is 18.3. The molecule has 0 amide bonds. The van der Waals surface area contributed by atoms with Crippen molar-refractivity contribution < 1.29 is 0 Å². The molecule has 0 aliphatic rings. The highest BCUT2D eigenvalue weighted by atomic mass is 14.9. The van der Waals surface area contributed by atoms with E-state index in [-0.39, 0.29) is 22.9 Å². The minimum atomic E-state index is 0.169. The van der Waals surface area contributed by atoms with E-state index >= 15 is 0 Å². The lowest BCUT2D eigenvalue weighted by atomic mass is 9.79. The maximum Gasteiger partial charge on any atom is 0.0384 e. The molecule has 2 atom stereocenters. The summed E-state index contributed by atoms with van der Waals surface area (Å²) in [5, 5.41) is 3.54. The number of rotatable bonds is 12. The van der Waals surface area contributed by atoms with Gasteiger partial charge in [0.1, 0.15) is 0 Å². The summed E-state index contributed by atoms with van der Waals surface area (Å²) in [6.07, 6.45) is 6.81. The van der Waals surface area contributed by atoms with E-state index in [2.05, 4.69) is 95.4 Å². The van der Waals surface area contributed by atoms with Gasteiger partial charge in [0.15, 0.2) is 0 Å². The first kappa shape index (κ1) is 25.4. The minimum absolute atomic E-state index is 0.169. The molecule has 0 spiro atoms. The predicted molar refractivity (Wildman–Crippen MR) is 137 cm³/mol. The fourth-order valence-electron chi connectivity index (χ4n) is 4.20. The van der Waals surface area contributed by atoms with Crippen LogP contribution in [-0.2, 0) is 10.8 Å². The third-order valence-electron chi connectivity index (χ3n) is 6.54. The second-order valence-electron chi connectivity index (χ2n) is 10.8. The van der Waals surface area contributed by atoms with Crippen LogP contribution in [0.25, 0.3) is 0 Å². The van der Waals surface area contributed by atoms with Crippen molar-refractivity contribution in [3.8, 4) is 0 Å². The zero-order valence-corrected chi connectivity index (χ0v) is 20.7. The lowest BCUT2D eigenvalue weighted by molar-refractivity contribution is 0.439. The molecule has 0 aliphatic carbocycles. The SMILES string of the molecule is CC(N)CCCC(C)(C)c1ccc(Nc2ccc(C(C)(C)CCCC(C)N)cc2)cc1. The van der Waals surface area contributed by atoms with Gasteiger partial charge in [-0.15, -0.1) is 0 Å². The molecule has 31 heavy (non-hydrogen) atoms. The molecule has 2 aromatic carbocycles. The normalized spacial score (nSPS) is 14.3. The molecule has 0 saturated heterocycles. The average molecular weight is 424 g/mol. The third-order valence-corrected chi connectivity index (χ3v) is 6.54. The van der Waals surface area contributed by atoms with Crippen molar-refractivity contribution >= 4 is 11.4 Å². The second-order valence-corrected chi connectivity index (χ2v) is 10.8. The van der Waals surface area contributed by atoms with Gasteiger partial charge < -0.3 is 16.8 Å². The van der Waals surface area contributed by atoms with E-state index in [0.717, 1.165) is 37.1 Å². The first-order chi connectivity index (χ1) is 14.5. The van der Waals surface area contributed by atoms with Crippen molar-refractivity contribution in [2.45, 2.75) is 103 Å². The van der Waals surface area contributed by atoms with E-state index in [1.54, 1.807) is 0 Å². The molecule has 172 valence electrons. The van der Waals surface area contributed by atoms with Gasteiger partial charge in [0.05, 0.1) is 0 Å². The van der Waals surface area contributed by atoms with Crippen LogP contribution in [0.4, 0.5) is 11.4 Å². The molecule has 0 bridgehead atoms. The Morgan fingerprint density at radius 3 is 1.26 bits per heavy atom. The molecule has 2 aromatic rings. The Balaban J connectivity index is 1.96. The van der Waals surface area contributed by atoms with Crippen LogP contribution in [0.2, 0.25) is 0 Å². The van der Waals surface area contributed by atoms with Crippen molar-refractivity contribution in [2.75, 3.05) is 5.32 Å². The van der Waals surface area contributed by atoms with Gasteiger partial charge in [-0.2, -0.15) is 0 Å². The molecule has 3 nitrogen and oxygen atoms in total. The van der Waals surface area contributed by atoms with Crippen molar-refractivity contribution in [1.29, 1.82) is 0 Å². The van der Waals surface area contributed by atoms with Crippen molar-refractivity contribution in [3.63, 3.8) is 0 Å². The van der Waals surface area contributed by atoms with E-state index in [1.165, 1.54) is 24.0 Å². The van der Waals surface area contributed by atoms with Crippen LogP contribution in [0, 0.1) is 0 Å².